The summed E-state index contributed by atoms with van der Waals surface area (Å²) < 4.78 is 0. The SMILES string of the molecule is O=C(Nc1cccc(SC(C(=O)Nc2ccc(Cl)cc2Cl)c2ccccc2)c1)/C(=C/c1c[nH]c2ccccc12)NC(=O)c1ccccc1. The van der Waals surface area contributed by atoms with Crippen LogP contribution >= 0.6 is 35.0 Å². The van der Waals surface area contributed by atoms with Gasteiger partial charge in [0, 0.05) is 43.8 Å². The highest BCUT2D eigenvalue weighted by Crippen LogP contribution is 2.38. The monoisotopic (exact) mass is 690 g/mol. The van der Waals surface area contributed by atoms with Crippen LogP contribution in [-0.2, 0) is 9.59 Å². The number of benzene rings is 5. The van der Waals surface area contributed by atoms with E-state index in [4.69, 9.17) is 23.2 Å². The molecule has 0 saturated heterocycles. The summed E-state index contributed by atoms with van der Waals surface area (Å²) in [4.78, 5) is 44.5. The average molecular weight is 692 g/mol. The van der Waals surface area contributed by atoms with E-state index in [-0.39, 0.29) is 11.6 Å². The van der Waals surface area contributed by atoms with Gasteiger partial charge in [0.1, 0.15) is 10.9 Å². The van der Waals surface area contributed by atoms with Crippen LogP contribution in [0.5, 0.6) is 0 Å². The third-order valence-corrected chi connectivity index (χ3v) is 9.12. The second kappa shape index (κ2) is 15.1. The van der Waals surface area contributed by atoms with Gasteiger partial charge in [0.05, 0.1) is 10.7 Å². The summed E-state index contributed by atoms with van der Waals surface area (Å²) in [5.41, 5.74) is 3.83. The number of nitrogens with one attached hydrogen (secondary N) is 4. The number of hydrogen-bond acceptors (Lipinski definition) is 4. The summed E-state index contributed by atoms with van der Waals surface area (Å²) >= 11 is 13.7. The van der Waals surface area contributed by atoms with E-state index in [1.807, 2.05) is 66.7 Å². The minimum Gasteiger partial charge on any atom is -0.361 e. The number of hydrogen-bond donors (Lipinski definition) is 4. The quantitative estimate of drug-likeness (QED) is 0.0849. The first kappa shape index (κ1) is 32.7. The Labute approximate surface area is 291 Å². The van der Waals surface area contributed by atoms with E-state index in [0.717, 1.165) is 26.9 Å². The van der Waals surface area contributed by atoms with Crippen molar-refractivity contribution in [3.63, 3.8) is 0 Å². The molecule has 238 valence electrons. The number of anilines is 2. The number of carbonyl (C=O) groups excluding carboxylic acids is 3. The Morgan fingerprint density at radius 2 is 1.48 bits per heavy atom. The molecule has 1 unspecified atom stereocenters. The van der Waals surface area contributed by atoms with E-state index in [1.165, 1.54) is 11.8 Å². The maximum absolute atomic E-state index is 13.8. The molecule has 0 saturated carbocycles. The molecule has 6 rings (SSSR count). The molecule has 1 heterocycles. The van der Waals surface area contributed by atoms with E-state index in [0.29, 0.717) is 27.0 Å². The zero-order valence-corrected chi connectivity index (χ0v) is 27.6. The lowest BCUT2D eigenvalue weighted by Gasteiger charge is -2.18. The highest BCUT2D eigenvalue weighted by molar-refractivity contribution is 8.00. The Kier molecular flexibility index (Phi) is 10.3. The summed E-state index contributed by atoms with van der Waals surface area (Å²) in [6.07, 6.45) is 3.43. The lowest BCUT2D eigenvalue weighted by atomic mass is 10.1. The van der Waals surface area contributed by atoms with Crippen LogP contribution in [0, 0.1) is 0 Å². The zero-order chi connectivity index (χ0) is 33.5. The third kappa shape index (κ3) is 7.98. The Hall–Kier alpha value is -5.28. The van der Waals surface area contributed by atoms with Crippen molar-refractivity contribution in [2.24, 2.45) is 0 Å². The molecule has 1 atom stereocenters. The molecule has 48 heavy (non-hydrogen) atoms. The van der Waals surface area contributed by atoms with Gasteiger partial charge in [-0.25, -0.2) is 0 Å². The lowest BCUT2D eigenvalue weighted by molar-refractivity contribution is -0.116. The molecule has 5 aromatic carbocycles. The molecule has 0 bridgehead atoms. The third-order valence-electron chi connectivity index (χ3n) is 7.33. The minimum absolute atomic E-state index is 0.0630. The largest absolute Gasteiger partial charge is 0.361 e. The first-order valence-electron chi connectivity index (χ1n) is 14.9. The molecule has 0 aliphatic rings. The number of aromatic nitrogens is 1. The normalized spacial score (nSPS) is 11.9. The number of thioether (sulfide) groups is 1. The molecule has 4 N–H and O–H groups in total. The second-order valence-corrected chi connectivity index (χ2v) is 12.7. The highest BCUT2D eigenvalue weighted by atomic mass is 35.5. The van der Waals surface area contributed by atoms with Crippen molar-refractivity contribution >= 4 is 81.0 Å². The highest BCUT2D eigenvalue weighted by Gasteiger charge is 2.24. The zero-order valence-electron chi connectivity index (χ0n) is 25.2. The number of para-hydroxylation sites is 1. The molecule has 3 amide bonds. The fraction of sp³-hybridized carbons (Fsp3) is 0.0263. The van der Waals surface area contributed by atoms with Gasteiger partial charge in [-0.05, 0) is 66.2 Å². The number of halogens is 2. The fourth-order valence-electron chi connectivity index (χ4n) is 4.98. The average Bonchev–Trinajstić information content (AvgIpc) is 3.51. The van der Waals surface area contributed by atoms with Crippen molar-refractivity contribution in [1.29, 1.82) is 0 Å². The number of H-pyrrole nitrogens is 1. The van der Waals surface area contributed by atoms with Crippen LogP contribution in [-0.4, -0.2) is 22.7 Å². The number of fused-ring (bicyclic) bond motifs is 1. The van der Waals surface area contributed by atoms with Crippen LogP contribution < -0.4 is 16.0 Å². The van der Waals surface area contributed by atoms with Crippen LogP contribution in [0.4, 0.5) is 11.4 Å². The molecular formula is C38H28Cl2N4O3S. The maximum Gasteiger partial charge on any atom is 0.272 e. The van der Waals surface area contributed by atoms with E-state index >= 15 is 0 Å². The Balaban J connectivity index is 1.26. The van der Waals surface area contributed by atoms with Crippen LogP contribution in [0.2, 0.25) is 10.0 Å². The van der Waals surface area contributed by atoms with E-state index < -0.39 is 17.1 Å². The summed E-state index contributed by atoms with van der Waals surface area (Å²) in [5, 5.41) is 9.67. The van der Waals surface area contributed by atoms with Crippen LogP contribution in [0.15, 0.2) is 144 Å². The Morgan fingerprint density at radius 1 is 0.750 bits per heavy atom. The number of carbonyl (C=O) groups is 3. The van der Waals surface area contributed by atoms with Crippen LogP contribution in [0.3, 0.4) is 0 Å². The molecule has 0 radical (unpaired) electrons. The summed E-state index contributed by atoms with van der Waals surface area (Å²) in [6, 6.07) is 37.8. The van der Waals surface area contributed by atoms with Gasteiger partial charge in [-0.15, -0.1) is 11.8 Å². The van der Waals surface area contributed by atoms with Gasteiger partial charge in [0.2, 0.25) is 5.91 Å². The Bertz CT molecular complexity index is 2130. The van der Waals surface area contributed by atoms with Crippen molar-refractivity contribution in [2.45, 2.75) is 10.1 Å². The fourth-order valence-corrected chi connectivity index (χ4v) is 6.52. The van der Waals surface area contributed by atoms with Crippen molar-refractivity contribution in [2.75, 3.05) is 10.6 Å². The van der Waals surface area contributed by atoms with Gasteiger partial charge >= 0.3 is 0 Å². The standard InChI is InChI=1S/C38H28Cl2N4O3S/c39-27-18-19-33(31(40)21-27)43-38(47)35(24-10-3-1-4-11-24)48-29-15-9-14-28(22-29)42-37(46)34(44-36(45)25-12-5-2-6-13-25)20-26-23-41-32-17-8-7-16-30(26)32/h1-23,35,41H,(H,42,46)(H,43,47)(H,44,45)/b34-20-. The molecule has 10 heteroatoms. The number of rotatable bonds is 10. The molecule has 7 nitrogen and oxygen atoms in total. The molecule has 0 aliphatic heterocycles. The van der Waals surface area contributed by atoms with Gasteiger partial charge in [0.25, 0.3) is 11.8 Å². The summed E-state index contributed by atoms with van der Waals surface area (Å²) in [6.45, 7) is 0. The van der Waals surface area contributed by atoms with Crippen molar-refractivity contribution in [1.82, 2.24) is 10.3 Å². The van der Waals surface area contributed by atoms with Crippen LogP contribution in [0.25, 0.3) is 17.0 Å². The smallest absolute Gasteiger partial charge is 0.272 e. The van der Waals surface area contributed by atoms with Gasteiger partial charge in [-0.1, -0.05) is 96.0 Å². The lowest BCUT2D eigenvalue weighted by Crippen LogP contribution is -2.30. The topological polar surface area (TPSA) is 103 Å². The van der Waals surface area contributed by atoms with Crippen molar-refractivity contribution in [3.8, 4) is 0 Å². The van der Waals surface area contributed by atoms with Crippen molar-refractivity contribution < 1.29 is 14.4 Å². The van der Waals surface area contributed by atoms with E-state index in [2.05, 4.69) is 20.9 Å². The molecule has 0 spiro atoms. The second-order valence-electron chi connectivity index (χ2n) is 10.7. The first-order chi connectivity index (χ1) is 23.3. The van der Waals surface area contributed by atoms with Crippen LogP contribution in [0.1, 0.15) is 26.7 Å². The van der Waals surface area contributed by atoms with Gasteiger partial charge < -0.3 is 20.9 Å². The number of amides is 3. The number of aromatic amines is 1. The minimum atomic E-state index is -0.647. The Morgan fingerprint density at radius 3 is 2.25 bits per heavy atom. The summed E-state index contributed by atoms with van der Waals surface area (Å²) in [7, 11) is 0. The first-order valence-corrected chi connectivity index (χ1v) is 16.5. The predicted octanol–water partition coefficient (Wildman–Crippen LogP) is 9.36. The molecule has 6 aromatic rings. The molecule has 1 aromatic heterocycles. The summed E-state index contributed by atoms with van der Waals surface area (Å²) in [5.74, 6) is -1.21. The maximum atomic E-state index is 13.8. The predicted molar refractivity (Wildman–Crippen MR) is 195 cm³/mol. The molecular weight excluding hydrogens is 663 g/mol. The molecule has 0 fully saturated rings. The van der Waals surface area contributed by atoms with E-state index in [1.54, 1.807) is 72.9 Å². The molecule has 0 aliphatic carbocycles. The van der Waals surface area contributed by atoms with Gasteiger partial charge in [0.15, 0.2) is 0 Å². The van der Waals surface area contributed by atoms with Crippen molar-refractivity contribution in [3.05, 3.63) is 166 Å². The van der Waals surface area contributed by atoms with E-state index in [9.17, 15) is 14.4 Å². The van der Waals surface area contributed by atoms with Gasteiger partial charge in [-0.2, -0.15) is 0 Å². The van der Waals surface area contributed by atoms with Gasteiger partial charge in [-0.3, -0.25) is 14.4 Å².